The number of amides is 1. The minimum Gasteiger partial charge on any atom is -0.464 e. The predicted molar refractivity (Wildman–Crippen MR) is 65.0 cm³/mol. The molecular formula is C13H14F3NO3. The van der Waals surface area contributed by atoms with Crippen molar-refractivity contribution < 1.29 is 27.5 Å². The quantitative estimate of drug-likeness (QED) is 0.866. The highest BCUT2D eigenvalue weighted by molar-refractivity contribution is 5.96. The first-order valence-corrected chi connectivity index (χ1v) is 5.90. The smallest absolute Gasteiger partial charge is 0.416 e. The van der Waals surface area contributed by atoms with Gasteiger partial charge in [0.2, 0.25) is 0 Å². The van der Waals surface area contributed by atoms with E-state index in [2.05, 4.69) is 5.32 Å². The first-order chi connectivity index (χ1) is 9.25. The minimum atomic E-state index is -4.45. The molecule has 0 spiro atoms. The van der Waals surface area contributed by atoms with E-state index in [-0.39, 0.29) is 12.2 Å². The number of hydrogen-bond acceptors (Lipinski definition) is 3. The maximum absolute atomic E-state index is 12.4. The zero-order valence-corrected chi connectivity index (χ0v) is 11.0. The molecule has 0 heterocycles. The first kappa shape index (κ1) is 16.0. The van der Waals surface area contributed by atoms with Gasteiger partial charge in [-0.1, -0.05) is 0 Å². The Labute approximate surface area is 113 Å². The van der Waals surface area contributed by atoms with Crippen LogP contribution in [0.15, 0.2) is 24.3 Å². The number of ether oxygens (including phenoxy) is 1. The van der Waals surface area contributed by atoms with Crippen molar-refractivity contribution >= 4 is 11.9 Å². The molecule has 0 aliphatic rings. The van der Waals surface area contributed by atoms with Crippen LogP contribution >= 0.6 is 0 Å². The van der Waals surface area contributed by atoms with Gasteiger partial charge in [0, 0.05) is 5.56 Å². The largest absolute Gasteiger partial charge is 0.464 e. The molecule has 1 aromatic carbocycles. The van der Waals surface area contributed by atoms with Crippen molar-refractivity contribution in [3.63, 3.8) is 0 Å². The molecule has 0 aromatic heterocycles. The molecule has 1 aromatic rings. The molecule has 0 saturated carbocycles. The summed E-state index contributed by atoms with van der Waals surface area (Å²) < 4.78 is 41.8. The number of alkyl halides is 3. The van der Waals surface area contributed by atoms with E-state index in [4.69, 9.17) is 4.74 Å². The molecule has 0 fully saturated rings. The van der Waals surface area contributed by atoms with Crippen molar-refractivity contribution in [3.05, 3.63) is 35.4 Å². The minimum absolute atomic E-state index is 0.0362. The zero-order valence-electron chi connectivity index (χ0n) is 11.0. The van der Waals surface area contributed by atoms with E-state index < -0.39 is 29.7 Å². The summed E-state index contributed by atoms with van der Waals surface area (Å²) in [5.41, 5.74) is -0.804. The van der Waals surface area contributed by atoms with Crippen molar-refractivity contribution in [3.8, 4) is 0 Å². The summed E-state index contributed by atoms with van der Waals surface area (Å²) in [5, 5.41) is 2.34. The van der Waals surface area contributed by atoms with Crippen molar-refractivity contribution in [2.45, 2.75) is 26.1 Å². The van der Waals surface area contributed by atoms with Crippen LogP contribution in [0.3, 0.4) is 0 Å². The molecule has 1 N–H and O–H groups in total. The van der Waals surface area contributed by atoms with Crippen LogP contribution in [0.5, 0.6) is 0 Å². The van der Waals surface area contributed by atoms with Crippen molar-refractivity contribution in [1.29, 1.82) is 0 Å². The lowest BCUT2D eigenvalue weighted by molar-refractivity contribution is -0.144. The second-order valence-corrected chi connectivity index (χ2v) is 4.02. The summed E-state index contributed by atoms with van der Waals surface area (Å²) in [4.78, 5) is 23.0. The van der Waals surface area contributed by atoms with E-state index in [1.807, 2.05) is 0 Å². The number of esters is 1. The molecule has 0 saturated heterocycles. The summed E-state index contributed by atoms with van der Waals surface area (Å²) >= 11 is 0. The van der Waals surface area contributed by atoms with Crippen LogP contribution < -0.4 is 5.32 Å². The fourth-order valence-electron chi connectivity index (χ4n) is 1.42. The molecule has 1 unspecified atom stereocenters. The van der Waals surface area contributed by atoms with Gasteiger partial charge in [-0.05, 0) is 38.1 Å². The third-order valence-electron chi connectivity index (χ3n) is 2.46. The third kappa shape index (κ3) is 4.25. The lowest BCUT2D eigenvalue weighted by atomic mass is 10.1. The maximum atomic E-state index is 12.4. The Kier molecular flexibility index (Phi) is 5.12. The van der Waals surface area contributed by atoms with Gasteiger partial charge in [-0.25, -0.2) is 4.79 Å². The SMILES string of the molecule is CCOC(=O)C(C)NC(=O)c1ccc(C(F)(F)F)cc1. The Hall–Kier alpha value is -2.05. The van der Waals surface area contributed by atoms with E-state index >= 15 is 0 Å². The Morgan fingerprint density at radius 3 is 2.25 bits per heavy atom. The maximum Gasteiger partial charge on any atom is 0.416 e. The van der Waals surface area contributed by atoms with Crippen LogP contribution in [0, 0.1) is 0 Å². The molecule has 110 valence electrons. The van der Waals surface area contributed by atoms with Crippen LogP contribution in [0.25, 0.3) is 0 Å². The van der Waals surface area contributed by atoms with Gasteiger partial charge in [-0.3, -0.25) is 4.79 Å². The third-order valence-corrected chi connectivity index (χ3v) is 2.46. The Morgan fingerprint density at radius 2 is 1.80 bits per heavy atom. The summed E-state index contributed by atoms with van der Waals surface area (Å²) in [7, 11) is 0. The van der Waals surface area contributed by atoms with Gasteiger partial charge in [0.15, 0.2) is 0 Å². The first-order valence-electron chi connectivity index (χ1n) is 5.90. The van der Waals surface area contributed by atoms with Gasteiger partial charge in [-0.2, -0.15) is 13.2 Å². The number of halogens is 3. The summed E-state index contributed by atoms with van der Waals surface area (Å²) in [5.74, 6) is -1.24. The van der Waals surface area contributed by atoms with E-state index in [1.54, 1.807) is 6.92 Å². The number of rotatable bonds is 4. The van der Waals surface area contributed by atoms with Crippen molar-refractivity contribution in [2.24, 2.45) is 0 Å². The summed E-state index contributed by atoms with van der Waals surface area (Å²) in [6.45, 7) is 3.24. The molecule has 0 radical (unpaired) electrons. The standard InChI is InChI=1S/C13H14F3NO3/c1-3-20-12(19)8(2)17-11(18)9-4-6-10(7-5-9)13(14,15)16/h4-8H,3H2,1-2H3,(H,17,18). The molecule has 4 nitrogen and oxygen atoms in total. The van der Waals surface area contributed by atoms with Crippen LogP contribution in [0.1, 0.15) is 29.8 Å². The van der Waals surface area contributed by atoms with E-state index in [1.165, 1.54) is 6.92 Å². The normalized spacial score (nSPS) is 12.7. The van der Waals surface area contributed by atoms with Gasteiger partial charge >= 0.3 is 12.1 Å². The lowest BCUT2D eigenvalue weighted by Gasteiger charge is -2.13. The topological polar surface area (TPSA) is 55.4 Å². The summed E-state index contributed by atoms with van der Waals surface area (Å²) in [6, 6.07) is 2.85. The van der Waals surface area contributed by atoms with Crippen molar-refractivity contribution in [1.82, 2.24) is 5.32 Å². The molecule has 0 aliphatic heterocycles. The summed E-state index contributed by atoms with van der Waals surface area (Å²) in [6.07, 6.45) is -4.45. The molecule has 1 rings (SSSR count). The van der Waals surface area contributed by atoms with Crippen LogP contribution in [0.2, 0.25) is 0 Å². The van der Waals surface area contributed by atoms with Crippen LogP contribution in [0.4, 0.5) is 13.2 Å². The van der Waals surface area contributed by atoms with Gasteiger partial charge < -0.3 is 10.1 Å². The predicted octanol–water partition coefficient (Wildman–Crippen LogP) is 2.39. The van der Waals surface area contributed by atoms with Gasteiger partial charge in [0.1, 0.15) is 6.04 Å². The van der Waals surface area contributed by atoms with Crippen LogP contribution in [-0.2, 0) is 15.7 Å². The Morgan fingerprint density at radius 1 is 1.25 bits per heavy atom. The lowest BCUT2D eigenvalue weighted by Crippen LogP contribution is -2.39. The molecule has 0 bridgehead atoms. The molecule has 20 heavy (non-hydrogen) atoms. The van der Waals surface area contributed by atoms with Crippen molar-refractivity contribution in [2.75, 3.05) is 6.61 Å². The number of carbonyl (C=O) groups is 2. The molecule has 1 amide bonds. The number of hydrogen-bond donors (Lipinski definition) is 1. The molecule has 1 atom stereocenters. The fourth-order valence-corrected chi connectivity index (χ4v) is 1.42. The Bertz CT molecular complexity index is 483. The number of carbonyl (C=O) groups excluding carboxylic acids is 2. The molecular weight excluding hydrogens is 275 g/mol. The average molecular weight is 289 g/mol. The average Bonchev–Trinajstić information content (AvgIpc) is 2.38. The monoisotopic (exact) mass is 289 g/mol. The van der Waals surface area contributed by atoms with E-state index in [9.17, 15) is 22.8 Å². The Balaban J connectivity index is 2.71. The highest BCUT2D eigenvalue weighted by Gasteiger charge is 2.30. The highest BCUT2D eigenvalue weighted by Crippen LogP contribution is 2.29. The zero-order chi connectivity index (χ0) is 15.3. The second kappa shape index (κ2) is 6.40. The number of nitrogens with one attached hydrogen (secondary N) is 1. The molecule has 0 aliphatic carbocycles. The highest BCUT2D eigenvalue weighted by atomic mass is 19.4. The molecule has 7 heteroatoms. The van der Waals surface area contributed by atoms with Crippen LogP contribution in [-0.4, -0.2) is 24.5 Å². The van der Waals surface area contributed by atoms with Gasteiger partial charge in [-0.15, -0.1) is 0 Å². The number of benzene rings is 1. The van der Waals surface area contributed by atoms with Gasteiger partial charge in [0.05, 0.1) is 12.2 Å². The second-order valence-electron chi connectivity index (χ2n) is 4.02. The van der Waals surface area contributed by atoms with E-state index in [0.717, 1.165) is 24.3 Å². The fraction of sp³-hybridized carbons (Fsp3) is 0.385. The van der Waals surface area contributed by atoms with Gasteiger partial charge in [0.25, 0.3) is 5.91 Å². The van der Waals surface area contributed by atoms with E-state index in [0.29, 0.717) is 0 Å².